The van der Waals surface area contributed by atoms with Gasteiger partial charge in [0.2, 0.25) is 0 Å². The fourth-order valence-electron chi connectivity index (χ4n) is 3.23. The van der Waals surface area contributed by atoms with Gasteiger partial charge in [0.1, 0.15) is 0 Å². The standard InChI is InChI=1S/C12H22N2O/c1-11(2)8-6-10(13-15)12(3,14(4)5)7-9(8)11/h8-9,15H,6-7H2,1-5H3/b13-10-/t8-,9-,12-/m1/s1. The molecular formula is C12H22N2O. The highest BCUT2D eigenvalue weighted by Gasteiger charge is 2.63. The number of hydrogen-bond donors (Lipinski definition) is 1. The predicted molar refractivity (Wildman–Crippen MR) is 61.3 cm³/mol. The fourth-order valence-corrected chi connectivity index (χ4v) is 3.23. The molecule has 2 aliphatic rings. The van der Waals surface area contributed by atoms with E-state index in [0.29, 0.717) is 5.41 Å². The van der Waals surface area contributed by atoms with Crippen molar-refractivity contribution in [3.05, 3.63) is 0 Å². The van der Waals surface area contributed by atoms with Gasteiger partial charge in [-0.25, -0.2) is 0 Å². The lowest BCUT2D eigenvalue weighted by Crippen LogP contribution is -2.51. The normalized spacial score (nSPS) is 45.6. The molecule has 15 heavy (non-hydrogen) atoms. The number of fused-ring (bicyclic) bond motifs is 1. The van der Waals surface area contributed by atoms with Gasteiger partial charge in [-0.15, -0.1) is 0 Å². The van der Waals surface area contributed by atoms with Crippen molar-refractivity contribution < 1.29 is 5.21 Å². The minimum Gasteiger partial charge on any atom is -0.411 e. The summed E-state index contributed by atoms with van der Waals surface area (Å²) in [6.07, 6.45) is 2.08. The molecule has 0 aromatic rings. The third-order valence-electron chi connectivity index (χ3n) is 5.05. The molecule has 0 amide bonds. The Morgan fingerprint density at radius 1 is 1.27 bits per heavy atom. The molecular weight excluding hydrogens is 188 g/mol. The molecule has 2 aliphatic carbocycles. The second kappa shape index (κ2) is 2.97. The van der Waals surface area contributed by atoms with E-state index < -0.39 is 0 Å². The van der Waals surface area contributed by atoms with Crippen molar-refractivity contribution in [1.82, 2.24) is 4.90 Å². The lowest BCUT2D eigenvalue weighted by molar-refractivity contribution is 0.197. The Kier molecular flexibility index (Phi) is 2.16. The largest absolute Gasteiger partial charge is 0.411 e. The average molecular weight is 210 g/mol. The van der Waals surface area contributed by atoms with Crippen LogP contribution < -0.4 is 0 Å². The summed E-state index contributed by atoms with van der Waals surface area (Å²) in [5.74, 6) is 1.53. The number of hydrogen-bond acceptors (Lipinski definition) is 3. The van der Waals surface area contributed by atoms with Crippen molar-refractivity contribution in [2.24, 2.45) is 22.4 Å². The second-order valence-electron chi connectivity index (χ2n) is 6.16. The maximum absolute atomic E-state index is 9.14. The van der Waals surface area contributed by atoms with E-state index in [2.05, 4.69) is 44.9 Å². The molecule has 0 bridgehead atoms. The molecule has 0 spiro atoms. The Morgan fingerprint density at radius 2 is 1.87 bits per heavy atom. The highest BCUT2D eigenvalue weighted by Crippen LogP contribution is 2.66. The first-order chi connectivity index (χ1) is 6.84. The van der Waals surface area contributed by atoms with Gasteiger partial charge in [0.15, 0.2) is 0 Å². The first kappa shape index (κ1) is 10.9. The SMILES string of the molecule is CN(C)[C@]1(C)C[C@@H]2[C@@H](C/C1=N/O)C2(C)C. The summed E-state index contributed by atoms with van der Waals surface area (Å²) in [6.45, 7) is 6.85. The lowest BCUT2D eigenvalue weighted by Gasteiger charge is -2.39. The molecule has 86 valence electrons. The molecule has 0 aromatic carbocycles. The molecule has 0 radical (unpaired) electrons. The summed E-state index contributed by atoms with van der Waals surface area (Å²) in [5.41, 5.74) is 1.35. The Hall–Kier alpha value is -0.570. The molecule has 1 N–H and O–H groups in total. The van der Waals surface area contributed by atoms with Gasteiger partial charge in [0, 0.05) is 0 Å². The molecule has 2 fully saturated rings. The van der Waals surface area contributed by atoms with Crippen LogP contribution in [0.5, 0.6) is 0 Å². The van der Waals surface area contributed by atoms with Crippen molar-refractivity contribution >= 4 is 5.71 Å². The Balaban J connectivity index is 2.27. The predicted octanol–water partition coefficient (Wildman–Crippen LogP) is 2.20. The van der Waals surface area contributed by atoms with Crippen molar-refractivity contribution in [2.45, 2.75) is 39.2 Å². The van der Waals surface area contributed by atoms with E-state index in [1.165, 1.54) is 0 Å². The van der Waals surface area contributed by atoms with Crippen LogP contribution >= 0.6 is 0 Å². The zero-order valence-electron chi connectivity index (χ0n) is 10.4. The molecule has 3 atom stereocenters. The van der Waals surface area contributed by atoms with E-state index in [1.54, 1.807) is 0 Å². The molecule has 0 aliphatic heterocycles. The van der Waals surface area contributed by atoms with Crippen LogP contribution in [0.4, 0.5) is 0 Å². The van der Waals surface area contributed by atoms with Crippen molar-refractivity contribution in [2.75, 3.05) is 14.1 Å². The second-order valence-corrected chi connectivity index (χ2v) is 6.16. The quantitative estimate of drug-likeness (QED) is 0.532. The summed E-state index contributed by atoms with van der Waals surface area (Å²) in [5, 5.41) is 12.7. The summed E-state index contributed by atoms with van der Waals surface area (Å²) < 4.78 is 0. The monoisotopic (exact) mass is 210 g/mol. The average Bonchev–Trinajstić information content (AvgIpc) is 2.66. The van der Waals surface area contributed by atoms with Crippen molar-refractivity contribution in [1.29, 1.82) is 0 Å². The van der Waals surface area contributed by atoms with Crippen LogP contribution in [-0.2, 0) is 0 Å². The van der Waals surface area contributed by atoms with Crippen LogP contribution in [0.25, 0.3) is 0 Å². The Labute approximate surface area is 92.1 Å². The number of oxime groups is 1. The zero-order chi connectivity index (χ0) is 11.4. The van der Waals surface area contributed by atoms with Crippen LogP contribution in [0.1, 0.15) is 33.6 Å². The molecule has 0 aromatic heterocycles. The van der Waals surface area contributed by atoms with E-state index in [-0.39, 0.29) is 5.54 Å². The van der Waals surface area contributed by atoms with E-state index in [4.69, 9.17) is 5.21 Å². The van der Waals surface area contributed by atoms with Crippen molar-refractivity contribution in [3.63, 3.8) is 0 Å². The van der Waals surface area contributed by atoms with Crippen LogP contribution in [0, 0.1) is 17.3 Å². The summed E-state index contributed by atoms with van der Waals surface area (Å²) in [4.78, 5) is 2.19. The van der Waals surface area contributed by atoms with Gasteiger partial charge in [-0.05, 0) is 51.1 Å². The topological polar surface area (TPSA) is 35.8 Å². The van der Waals surface area contributed by atoms with E-state index in [1.807, 2.05) is 0 Å². The highest BCUT2D eigenvalue weighted by atomic mass is 16.4. The summed E-state index contributed by atoms with van der Waals surface area (Å²) >= 11 is 0. The zero-order valence-corrected chi connectivity index (χ0v) is 10.4. The van der Waals surface area contributed by atoms with Crippen LogP contribution in [0.3, 0.4) is 0 Å². The number of nitrogens with zero attached hydrogens (tertiary/aromatic N) is 2. The minimum atomic E-state index is -0.0519. The third-order valence-corrected chi connectivity index (χ3v) is 5.05. The molecule has 2 saturated carbocycles. The number of rotatable bonds is 1. The molecule has 0 saturated heterocycles. The fraction of sp³-hybridized carbons (Fsp3) is 0.917. The van der Waals surface area contributed by atoms with Gasteiger partial charge in [-0.1, -0.05) is 19.0 Å². The van der Waals surface area contributed by atoms with Gasteiger partial charge in [-0.3, -0.25) is 4.90 Å². The molecule has 0 unspecified atom stereocenters. The van der Waals surface area contributed by atoms with E-state index in [9.17, 15) is 0 Å². The highest BCUT2D eigenvalue weighted by molar-refractivity contribution is 5.94. The molecule has 2 rings (SSSR count). The Bertz CT molecular complexity index is 309. The first-order valence-electron chi connectivity index (χ1n) is 5.73. The van der Waals surface area contributed by atoms with Gasteiger partial charge in [0.25, 0.3) is 0 Å². The van der Waals surface area contributed by atoms with Crippen LogP contribution in [-0.4, -0.2) is 35.5 Å². The minimum absolute atomic E-state index is 0.0519. The molecule has 0 heterocycles. The molecule has 3 nitrogen and oxygen atoms in total. The molecule has 3 heteroatoms. The van der Waals surface area contributed by atoms with Crippen LogP contribution in [0.15, 0.2) is 5.16 Å². The summed E-state index contributed by atoms with van der Waals surface area (Å²) in [6, 6.07) is 0. The summed E-state index contributed by atoms with van der Waals surface area (Å²) in [7, 11) is 4.14. The third kappa shape index (κ3) is 1.32. The lowest BCUT2D eigenvalue weighted by atomic mass is 9.80. The first-order valence-corrected chi connectivity index (χ1v) is 5.73. The smallest absolute Gasteiger partial charge is 0.0773 e. The van der Waals surface area contributed by atoms with Gasteiger partial charge in [0.05, 0.1) is 11.3 Å². The van der Waals surface area contributed by atoms with Gasteiger partial charge in [-0.2, -0.15) is 0 Å². The van der Waals surface area contributed by atoms with Gasteiger partial charge < -0.3 is 5.21 Å². The maximum Gasteiger partial charge on any atom is 0.0773 e. The van der Waals surface area contributed by atoms with E-state index >= 15 is 0 Å². The maximum atomic E-state index is 9.14. The van der Waals surface area contributed by atoms with Crippen LogP contribution in [0.2, 0.25) is 0 Å². The Morgan fingerprint density at radius 3 is 2.33 bits per heavy atom. The van der Waals surface area contributed by atoms with Crippen molar-refractivity contribution in [3.8, 4) is 0 Å². The van der Waals surface area contributed by atoms with E-state index in [0.717, 1.165) is 30.4 Å². The van der Waals surface area contributed by atoms with Gasteiger partial charge >= 0.3 is 0 Å².